The first-order valence-electron chi connectivity index (χ1n) is 8.58. The van der Waals surface area contributed by atoms with E-state index in [0.717, 1.165) is 28.0 Å². The van der Waals surface area contributed by atoms with Crippen molar-refractivity contribution in [3.63, 3.8) is 0 Å². The Balaban J connectivity index is 1.83. The lowest BCUT2D eigenvalue weighted by atomic mass is 9.79. The number of carbonyl (C=O) groups excluding carboxylic acids is 1. The third-order valence-electron chi connectivity index (χ3n) is 4.66. The Morgan fingerprint density at radius 1 is 1.16 bits per heavy atom. The van der Waals surface area contributed by atoms with E-state index < -0.39 is 0 Å². The molecule has 1 amide bonds. The van der Waals surface area contributed by atoms with Crippen LogP contribution in [0, 0.1) is 19.3 Å². The summed E-state index contributed by atoms with van der Waals surface area (Å²) in [6.07, 6.45) is -0.357. The number of rotatable bonds is 4. The SMILES string of the molecule is Cc1cc([C@H]2NC(=O)OCC2(C)C)cc(C)c1OCc1ccccc1. The van der Waals surface area contributed by atoms with Crippen LogP contribution in [-0.4, -0.2) is 12.7 Å². The molecule has 0 aliphatic carbocycles. The van der Waals surface area contributed by atoms with Crippen LogP contribution >= 0.6 is 0 Å². The van der Waals surface area contributed by atoms with Crippen molar-refractivity contribution in [1.82, 2.24) is 5.32 Å². The fraction of sp³-hybridized carbons (Fsp3) is 0.381. The van der Waals surface area contributed by atoms with Crippen molar-refractivity contribution in [2.45, 2.75) is 40.3 Å². The van der Waals surface area contributed by atoms with Crippen LogP contribution in [0.5, 0.6) is 5.75 Å². The molecule has 0 unspecified atom stereocenters. The van der Waals surface area contributed by atoms with Gasteiger partial charge in [-0.15, -0.1) is 0 Å². The van der Waals surface area contributed by atoms with Crippen molar-refractivity contribution >= 4 is 6.09 Å². The van der Waals surface area contributed by atoms with Gasteiger partial charge in [0.05, 0.1) is 6.04 Å². The molecule has 0 bridgehead atoms. The van der Waals surface area contributed by atoms with Crippen molar-refractivity contribution in [2.75, 3.05) is 6.61 Å². The molecule has 3 rings (SSSR count). The molecule has 25 heavy (non-hydrogen) atoms. The second-order valence-corrected chi connectivity index (χ2v) is 7.40. The lowest BCUT2D eigenvalue weighted by molar-refractivity contribution is 0.0387. The van der Waals surface area contributed by atoms with Crippen LogP contribution in [0.25, 0.3) is 0 Å². The molecule has 2 aromatic carbocycles. The molecule has 0 radical (unpaired) electrons. The standard InChI is InChI=1S/C21H25NO3/c1-14-10-17(19-21(3,4)13-25-20(23)22-19)11-15(2)18(14)24-12-16-8-6-5-7-9-16/h5-11,19H,12-13H2,1-4H3,(H,22,23)/t19-/m1/s1. The first kappa shape index (κ1) is 17.3. The number of hydrogen-bond acceptors (Lipinski definition) is 3. The smallest absolute Gasteiger partial charge is 0.407 e. The Morgan fingerprint density at radius 2 is 1.80 bits per heavy atom. The Hall–Kier alpha value is -2.49. The summed E-state index contributed by atoms with van der Waals surface area (Å²) in [5.74, 6) is 0.906. The summed E-state index contributed by atoms with van der Waals surface area (Å²) in [5, 5.41) is 2.95. The molecule has 132 valence electrons. The van der Waals surface area contributed by atoms with E-state index in [0.29, 0.717) is 13.2 Å². The van der Waals surface area contributed by atoms with Crippen molar-refractivity contribution in [3.05, 3.63) is 64.7 Å². The fourth-order valence-electron chi connectivity index (χ4n) is 3.33. The van der Waals surface area contributed by atoms with E-state index in [4.69, 9.17) is 9.47 Å². The number of aryl methyl sites for hydroxylation is 2. The summed E-state index contributed by atoms with van der Waals surface area (Å²) in [5.41, 5.74) is 4.20. The second kappa shape index (κ2) is 6.79. The third-order valence-corrected chi connectivity index (χ3v) is 4.66. The first-order chi connectivity index (χ1) is 11.9. The summed E-state index contributed by atoms with van der Waals surface area (Å²) in [7, 11) is 0. The van der Waals surface area contributed by atoms with Gasteiger partial charge in [-0.3, -0.25) is 0 Å². The quantitative estimate of drug-likeness (QED) is 0.879. The van der Waals surface area contributed by atoms with Gasteiger partial charge in [0.1, 0.15) is 19.0 Å². The second-order valence-electron chi connectivity index (χ2n) is 7.40. The lowest BCUT2D eigenvalue weighted by Crippen LogP contribution is -2.46. The first-order valence-corrected chi connectivity index (χ1v) is 8.58. The molecule has 0 saturated carbocycles. The molecular weight excluding hydrogens is 314 g/mol. The van der Waals surface area contributed by atoms with Crippen molar-refractivity contribution in [1.29, 1.82) is 0 Å². The van der Waals surface area contributed by atoms with Gasteiger partial charge < -0.3 is 14.8 Å². The van der Waals surface area contributed by atoms with Gasteiger partial charge in [-0.2, -0.15) is 0 Å². The fourth-order valence-corrected chi connectivity index (χ4v) is 3.33. The van der Waals surface area contributed by atoms with Gasteiger partial charge >= 0.3 is 6.09 Å². The van der Waals surface area contributed by atoms with Gasteiger partial charge in [0.15, 0.2) is 0 Å². The minimum atomic E-state index is -0.357. The van der Waals surface area contributed by atoms with E-state index in [1.165, 1.54) is 0 Å². The highest BCUT2D eigenvalue weighted by Crippen LogP contribution is 2.38. The normalized spacial score (nSPS) is 19.0. The van der Waals surface area contributed by atoms with Crippen LogP contribution in [0.15, 0.2) is 42.5 Å². The van der Waals surface area contributed by atoms with Crippen molar-refractivity contribution in [2.24, 2.45) is 5.41 Å². The van der Waals surface area contributed by atoms with E-state index in [9.17, 15) is 4.79 Å². The predicted molar refractivity (Wildman–Crippen MR) is 97.7 cm³/mol. The molecule has 1 atom stereocenters. The highest BCUT2D eigenvalue weighted by molar-refractivity contribution is 5.69. The highest BCUT2D eigenvalue weighted by Gasteiger charge is 2.38. The molecule has 1 N–H and O–H groups in total. The Kier molecular flexibility index (Phi) is 4.71. The third kappa shape index (κ3) is 3.78. The van der Waals surface area contributed by atoms with Crippen LogP contribution in [0.2, 0.25) is 0 Å². The zero-order valence-electron chi connectivity index (χ0n) is 15.3. The summed E-state index contributed by atoms with van der Waals surface area (Å²) >= 11 is 0. The van der Waals surface area contributed by atoms with Crippen LogP contribution in [0.1, 0.15) is 42.1 Å². The monoisotopic (exact) mass is 339 g/mol. The molecule has 1 fully saturated rings. The van der Waals surface area contributed by atoms with Gasteiger partial charge in [0, 0.05) is 5.41 Å². The van der Waals surface area contributed by atoms with E-state index >= 15 is 0 Å². The summed E-state index contributed by atoms with van der Waals surface area (Å²) in [6, 6.07) is 14.3. The van der Waals surface area contributed by atoms with E-state index in [2.05, 4.69) is 43.4 Å². The van der Waals surface area contributed by atoms with Crippen LogP contribution in [0.4, 0.5) is 4.79 Å². The largest absolute Gasteiger partial charge is 0.488 e. The average Bonchev–Trinajstić information content (AvgIpc) is 2.57. The van der Waals surface area contributed by atoms with Gasteiger partial charge in [-0.1, -0.05) is 56.3 Å². The van der Waals surface area contributed by atoms with E-state index in [1.807, 2.05) is 32.0 Å². The summed E-state index contributed by atoms with van der Waals surface area (Å²) in [6.45, 7) is 9.24. The van der Waals surface area contributed by atoms with Crippen LogP contribution in [-0.2, 0) is 11.3 Å². The zero-order valence-corrected chi connectivity index (χ0v) is 15.3. The number of carbonyl (C=O) groups is 1. The number of cyclic esters (lactones) is 1. The molecule has 4 heteroatoms. The maximum Gasteiger partial charge on any atom is 0.407 e. The molecule has 4 nitrogen and oxygen atoms in total. The molecule has 0 aromatic heterocycles. The Labute approximate surface area is 149 Å². The van der Waals surface area contributed by atoms with Crippen molar-refractivity contribution in [3.8, 4) is 5.75 Å². The number of ether oxygens (including phenoxy) is 2. The minimum Gasteiger partial charge on any atom is -0.488 e. The predicted octanol–water partition coefficient (Wildman–Crippen LogP) is 4.69. The Bertz CT molecular complexity index is 745. The zero-order chi connectivity index (χ0) is 18.0. The topological polar surface area (TPSA) is 47.6 Å². The van der Waals surface area contributed by atoms with E-state index in [1.54, 1.807) is 0 Å². The summed E-state index contributed by atoms with van der Waals surface area (Å²) < 4.78 is 11.2. The van der Waals surface area contributed by atoms with Crippen LogP contribution in [0.3, 0.4) is 0 Å². The number of nitrogens with one attached hydrogen (secondary N) is 1. The summed E-state index contributed by atoms with van der Waals surface area (Å²) in [4.78, 5) is 11.7. The average molecular weight is 339 g/mol. The molecule has 1 aliphatic rings. The molecular formula is C21H25NO3. The number of benzene rings is 2. The molecule has 0 spiro atoms. The maximum atomic E-state index is 11.7. The molecule has 2 aromatic rings. The Morgan fingerprint density at radius 3 is 2.44 bits per heavy atom. The van der Waals surface area contributed by atoms with Crippen molar-refractivity contribution < 1.29 is 14.3 Å². The maximum absolute atomic E-state index is 11.7. The molecule has 1 saturated heterocycles. The van der Waals surface area contributed by atoms with Gasteiger partial charge in [0.25, 0.3) is 0 Å². The minimum absolute atomic E-state index is 0.0747. The van der Waals surface area contributed by atoms with Gasteiger partial charge in [0.2, 0.25) is 0 Å². The van der Waals surface area contributed by atoms with Gasteiger partial charge in [-0.05, 0) is 36.1 Å². The molecule has 1 heterocycles. The molecule has 1 aliphatic heterocycles. The lowest BCUT2D eigenvalue weighted by Gasteiger charge is -2.39. The highest BCUT2D eigenvalue weighted by atomic mass is 16.6. The number of alkyl carbamates (subject to hydrolysis) is 1. The number of amides is 1. The van der Waals surface area contributed by atoms with E-state index in [-0.39, 0.29) is 17.6 Å². The van der Waals surface area contributed by atoms with Crippen LogP contribution < -0.4 is 10.1 Å². The van der Waals surface area contributed by atoms with Gasteiger partial charge in [-0.25, -0.2) is 4.79 Å². The number of hydrogen-bond donors (Lipinski definition) is 1.